The Morgan fingerprint density at radius 1 is 1.29 bits per heavy atom. The van der Waals surface area contributed by atoms with Gasteiger partial charge in [0.05, 0.1) is 6.54 Å². The third-order valence-electron chi connectivity index (χ3n) is 5.43. The summed E-state index contributed by atoms with van der Waals surface area (Å²) < 4.78 is 4.32. The summed E-state index contributed by atoms with van der Waals surface area (Å²) in [6.07, 6.45) is 4.17. The molecule has 2 unspecified atom stereocenters. The molecule has 0 bridgehead atoms. The van der Waals surface area contributed by atoms with E-state index in [2.05, 4.69) is 37.9 Å². The van der Waals surface area contributed by atoms with Gasteiger partial charge in [0.1, 0.15) is 0 Å². The first-order chi connectivity index (χ1) is 13.5. The number of halogens is 1. The summed E-state index contributed by atoms with van der Waals surface area (Å²) in [5, 5.41) is 3.46. The Labute approximate surface area is 175 Å². The molecule has 1 aliphatic carbocycles. The second kappa shape index (κ2) is 7.70. The van der Waals surface area contributed by atoms with Crippen molar-refractivity contribution in [2.45, 2.75) is 44.3 Å². The summed E-state index contributed by atoms with van der Waals surface area (Å²) in [6, 6.07) is 8.14. The smallest absolute Gasteiger partial charge is 0.329 e. The number of fused-ring (bicyclic) bond motifs is 1. The Morgan fingerprint density at radius 2 is 2.04 bits per heavy atom. The summed E-state index contributed by atoms with van der Waals surface area (Å²) in [5.41, 5.74) is 7.23. The van der Waals surface area contributed by atoms with Crippen LogP contribution in [0.1, 0.15) is 31.2 Å². The van der Waals surface area contributed by atoms with Gasteiger partial charge in [0.15, 0.2) is 11.2 Å². The maximum Gasteiger partial charge on any atom is 0.329 e. The molecule has 0 amide bonds. The SMILES string of the molecule is Cn1c(=O)[nH]c(=O)c2c1nc(NC1CCCCC1N)n2Cc1ccccc1I. The molecule has 0 saturated heterocycles. The van der Waals surface area contributed by atoms with Crippen LogP contribution in [0.5, 0.6) is 0 Å². The molecular formula is C19H23IN6O2. The molecule has 1 saturated carbocycles. The van der Waals surface area contributed by atoms with Crippen molar-refractivity contribution in [2.24, 2.45) is 12.8 Å². The normalized spacial score (nSPS) is 19.8. The van der Waals surface area contributed by atoms with Crippen molar-refractivity contribution in [3.63, 3.8) is 0 Å². The Balaban J connectivity index is 1.86. The highest BCUT2D eigenvalue weighted by atomic mass is 127. The van der Waals surface area contributed by atoms with Crippen molar-refractivity contribution < 1.29 is 0 Å². The van der Waals surface area contributed by atoms with E-state index in [-0.39, 0.29) is 12.1 Å². The van der Waals surface area contributed by atoms with Gasteiger partial charge in [-0.2, -0.15) is 4.98 Å². The number of benzene rings is 1. The lowest BCUT2D eigenvalue weighted by molar-refractivity contribution is 0.401. The molecular weight excluding hydrogens is 471 g/mol. The zero-order valence-corrected chi connectivity index (χ0v) is 17.8. The highest BCUT2D eigenvalue weighted by Crippen LogP contribution is 2.24. The second-order valence-corrected chi connectivity index (χ2v) is 8.46. The van der Waals surface area contributed by atoms with Gasteiger partial charge in [-0.25, -0.2) is 4.79 Å². The van der Waals surface area contributed by atoms with Crippen molar-refractivity contribution in [1.29, 1.82) is 0 Å². The molecule has 4 rings (SSSR count). The number of nitrogens with two attached hydrogens (primary N) is 1. The molecule has 0 spiro atoms. The zero-order valence-electron chi connectivity index (χ0n) is 15.6. The fourth-order valence-corrected chi connectivity index (χ4v) is 4.36. The highest BCUT2D eigenvalue weighted by Gasteiger charge is 2.25. The van der Waals surface area contributed by atoms with Crippen LogP contribution in [0, 0.1) is 3.57 Å². The Bertz CT molecular complexity index is 1130. The van der Waals surface area contributed by atoms with E-state index in [0.717, 1.165) is 34.8 Å². The minimum absolute atomic E-state index is 0.0426. The number of aryl methyl sites for hydroxylation is 1. The molecule has 2 heterocycles. The van der Waals surface area contributed by atoms with Crippen LogP contribution in [0.3, 0.4) is 0 Å². The molecule has 1 aromatic carbocycles. The minimum Gasteiger partial charge on any atom is -0.351 e. The molecule has 8 nitrogen and oxygen atoms in total. The molecule has 148 valence electrons. The van der Waals surface area contributed by atoms with E-state index in [0.29, 0.717) is 23.7 Å². The van der Waals surface area contributed by atoms with Crippen LogP contribution < -0.4 is 22.3 Å². The van der Waals surface area contributed by atoms with Crippen molar-refractivity contribution in [3.05, 3.63) is 54.2 Å². The Hall–Kier alpha value is -2.14. The van der Waals surface area contributed by atoms with Crippen molar-refractivity contribution in [3.8, 4) is 0 Å². The fourth-order valence-electron chi connectivity index (χ4n) is 3.80. The highest BCUT2D eigenvalue weighted by molar-refractivity contribution is 14.1. The Morgan fingerprint density at radius 3 is 2.79 bits per heavy atom. The number of imidazole rings is 1. The van der Waals surface area contributed by atoms with Gasteiger partial charge in [-0.3, -0.25) is 18.9 Å². The van der Waals surface area contributed by atoms with Gasteiger partial charge in [0.25, 0.3) is 5.56 Å². The van der Waals surface area contributed by atoms with Gasteiger partial charge in [0, 0.05) is 22.7 Å². The fraction of sp³-hybridized carbons (Fsp3) is 0.421. The summed E-state index contributed by atoms with van der Waals surface area (Å²) in [6.45, 7) is 0.473. The quantitative estimate of drug-likeness (QED) is 0.479. The first kappa shape index (κ1) is 19.2. The molecule has 3 aromatic rings. The van der Waals surface area contributed by atoms with Crippen LogP contribution in [-0.2, 0) is 13.6 Å². The predicted molar refractivity (Wildman–Crippen MR) is 118 cm³/mol. The van der Waals surface area contributed by atoms with E-state index >= 15 is 0 Å². The number of aromatic amines is 1. The van der Waals surface area contributed by atoms with Gasteiger partial charge in [-0.15, -0.1) is 0 Å². The van der Waals surface area contributed by atoms with Gasteiger partial charge < -0.3 is 11.1 Å². The van der Waals surface area contributed by atoms with Crippen molar-refractivity contribution in [2.75, 3.05) is 5.32 Å². The van der Waals surface area contributed by atoms with Crippen molar-refractivity contribution >= 4 is 39.7 Å². The largest absolute Gasteiger partial charge is 0.351 e. The number of rotatable bonds is 4. The summed E-state index contributed by atoms with van der Waals surface area (Å²) in [4.78, 5) is 31.7. The van der Waals surface area contributed by atoms with E-state index in [1.165, 1.54) is 4.57 Å². The number of nitrogens with zero attached hydrogens (tertiary/aromatic N) is 3. The van der Waals surface area contributed by atoms with Crippen molar-refractivity contribution in [1.82, 2.24) is 19.1 Å². The molecule has 1 fully saturated rings. The van der Waals surface area contributed by atoms with Crippen LogP contribution in [0.4, 0.5) is 5.95 Å². The van der Waals surface area contributed by atoms with Gasteiger partial charge in [-0.1, -0.05) is 31.0 Å². The number of H-pyrrole nitrogens is 1. The van der Waals surface area contributed by atoms with Crippen LogP contribution in [0.25, 0.3) is 11.2 Å². The van der Waals surface area contributed by atoms with Crippen LogP contribution in [-0.4, -0.2) is 31.2 Å². The predicted octanol–water partition coefficient (Wildman–Crippen LogP) is 1.76. The first-order valence-electron chi connectivity index (χ1n) is 9.41. The number of hydrogen-bond acceptors (Lipinski definition) is 5. The molecule has 1 aliphatic rings. The summed E-state index contributed by atoms with van der Waals surface area (Å²) in [5.74, 6) is 0.573. The number of aromatic nitrogens is 4. The topological polar surface area (TPSA) is 111 Å². The van der Waals surface area contributed by atoms with E-state index in [1.807, 2.05) is 28.8 Å². The average molecular weight is 494 g/mol. The third-order valence-corrected chi connectivity index (χ3v) is 6.48. The summed E-state index contributed by atoms with van der Waals surface area (Å²) in [7, 11) is 1.61. The van der Waals surface area contributed by atoms with Crippen LogP contribution in [0.15, 0.2) is 33.9 Å². The van der Waals surface area contributed by atoms with E-state index in [4.69, 9.17) is 5.73 Å². The number of anilines is 1. The molecule has 0 radical (unpaired) electrons. The third kappa shape index (κ3) is 3.48. The van der Waals surface area contributed by atoms with Gasteiger partial charge in [-0.05, 0) is 47.1 Å². The average Bonchev–Trinajstić information content (AvgIpc) is 3.02. The Kier molecular flexibility index (Phi) is 5.28. The molecule has 4 N–H and O–H groups in total. The van der Waals surface area contributed by atoms with E-state index in [1.54, 1.807) is 7.05 Å². The number of hydrogen-bond donors (Lipinski definition) is 3. The molecule has 0 aliphatic heterocycles. The van der Waals surface area contributed by atoms with E-state index in [9.17, 15) is 9.59 Å². The second-order valence-electron chi connectivity index (χ2n) is 7.30. The molecule has 28 heavy (non-hydrogen) atoms. The number of nitrogens with one attached hydrogen (secondary N) is 2. The molecule has 9 heteroatoms. The first-order valence-corrected chi connectivity index (χ1v) is 10.5. The maximum atomic E-state index is 12.6. The van der Waals surface area contributed by atoms with Crippen LogP contribution >= 0.6 is 22.6 Å². The molecule has 2 atom stereocenters. The van der Waals surface area contributed by atoms with Gasteiger partial charge >= 0.3 is 5.69 Å². The van der Waals surface area contributed by atoms with Gasteiger partial charge in [0.2, 0.25) is 5.95 Å². The standard InChI is InChI=1S/C19H23IN6O2/c1-25-16-15(17(27)24-19(25)28)26(10-11-6-2-3-7-12(11)20)18(23-16)22-14-9-5-4-8-13(14)21/h2-3,6-7,13-14H,4-5,8-10,21H2,1H3,(H,22,23)(H,24,27,28). The molecule has 2 aromatic heterocycles. The lowest BCUT2D eigenvalue weighted by Gasteiger charge is -2.29. The summed E-state index contributed by atoms with van der Waals surface area (Å²) >= 11 is 2.28. The lowest BCUT2D eigenvalue weighted by Crippen LogP contribution is -2.43. The lowest BCUT2D eigenvalue weighted by atomic mass is 9.91. The maximum absolute atomic E-state index is 12.6. The zero-order chi connectivity index (χ0) is 19.8. The monoisotopic (exact) mass is 494 g/mol. The minimum atomic E-state index is -0.475. The van der Waals surface area contributed by atoms with E-state index < -0.39 is 11.2 Å². The van der Waals surface area contributed by atoms with Crippen LogP contribution in [0.2, 0.25) is 0 Å².